The first-order valence-electron chi connectivity index (χ1n) is 6.74. The largest absolute Gasteiger partial charge is 0.370 e. The molecule has 0 unspecified atom stereocenters. The van der Waals surface area contributed by atoms with E-state index in [4.69, 9.17) is 0 Å². The third kappa shape index (κ3) is 2.54. The molecule has 1 N–H and O–H groups in total. The van der Waals surface area contributed by atoms with Crippen molar-refractivity contribution in [2.45, 2.75) is 32.4 Å². The summed E-state index contributed by atoms with van der Waals surface area (Å²) >= 11 is 0. The van der Waals surface area contributed by atoms with Gasteiger partial charge in [-0.1, -0.05) is 0 Å². The Labute approximate surface area is 111 Å². The van der Waals surface area contributed by atoms with E-state index in [0.29, 0.717) is 12.6 Å². The highest BCUT2D eigenvalue weighted by Gasteiger charge is 2.25. The van der Waals surface area contributed by atoms with Crippen molar-refractivity contribution in [1.29, 1.82) is 0 Å². The van der Waals surface area contributed by atoms with Crippen LogP contribution < -0.4 is 11.0 Å². The van der Waals surface area contributed by atoms with Crippen LogP contribution in [0.2, 0.25) is 0 Å². The second-order valence-corrected chi connectivity index (χ2v) is 4.93. The maximum Gasteiger partial charge on any atom is 0.328 e. The lowest BCUT2D eigenvalue weighted by Gasteiger charge is -2.06. The van der Waals surface area contributed by atoms with Crippen LogP contribution in [0, 0.1) is 0 Å². The second kappa shape index (κ2) is 4.91. The topological polar surface area (TPSA) is 51.9 Å². The Bertz CT molecular complexity index is 624. The SMILES string of the molecule is CCNc1cc(Cn2ccn(C3CC3)c2=O)ccn1. The summed E-state index contributed by atoms with van der Waals surface area (Å²) in [6, 6.07) is 4.37. The van der Waals surface area contributed by atoms with Crippen molar-refractivity contribution in [1.82, 2.24) is 14.1 Å². The second-order valence-electron chi connectivity index (χ2n) is 4.93. The molecular formula is C14H18N4O. The Morgan fingerprint density at radius 2 is 2.26 bits per heavy atom. The number of hydrogen-bond donors (Lipinski definition) is 1. The first kappa shape index (κ1) is 12.0. The highest BCUT2D eigenvalue weighted by Crippen LogP contribution is 2.33. The molecule has 1 fully saturated rings. The first-order chi connectivity index (χ1) is 9.28. The van der Waals surface area contributed by atoms with Crippen LogP contribution in [0.5, 0.6) is 0 Å². The van der Waals surface area contributed by atoms with E-state index in [9.17, 15) is 4.79 Å². The Morgan fingerprint density at radius 3 is 3.00 bits per heavy atom. The molecule has 1 aliphatic carbocycles. The molecule has 0 amide bonds. The van der Waals surface area contributed by atoms with Crippen molar-refractivity contribution in [3.05, 3.63) is 46.8 Å². The summed E-state index contributed by atoms with van der Waals surface area (Å²) in [6.45, 7) is 3.47. The van der Waals surface area contributed by atoms with Crippen LogP contribution >= 0.6 is 0 Å². The summed E-state index contributed by atoms with van der Waals surface area (Å²) in [7, 11) is 0. The summed E-state index contributed by atoms with van der Waals surface area (Å²) < 4.78 is 3.59. The van der Waals surface area contributed by atoms with Gasteiger partial charge in [-0.05, 0) is 37.5 Å². The van der Waals surface area contributed by atoms with E-state index in [0.717, 1.165) is 30.8 Å². The van der Waals surface area contributed by atoms with Crippen LogP contribution in [0.3, 0.4) is 0 Å². The molecule has 0 aromatic carbocycles. The lowest BCUT2D eigenvalue weighted by Crippen LogP contribution is -2.23. The maximum absolute atomic E-state index is 12.2. The Balaban J connectivity index is 1.80. The van der Waals surface area contributed by atoms with Gasteiger partial charge in [-0.3, -0.25) is 9.13 Å². The third-order valence-electron chi connectivity index (χ3n) is 3.35. The van der Waals surface area contributed by atoms with E-state index >= 15 is 0 Å². The van der Waals surface area contributed by atoms with Crippen LogP contribution in [0.4, 0.5) is 5.82 Å². The maximum atomic E-state index is 12.2. The number of pyridine rings is 1. The predicted molar refractivity (Wildman–Crippen MR) is 74.5 cm³/mol. The molecule has 0 spiro atoms. The molecule has 19 heavy (non-hydrogen) atoms. The Hall–Kier alpha value is -2.04. The van der Waals surface area contributed by atoms with Crippen molar-refractivity contribution in [3.8, 4) is 0 Å². The van der Waals surface area contributed by atoms with E-state index in [1.165, 1.54) is 0 Å². The zero-order chi connectivity index (χ0) is 13.2. The van der Waals surface area contributed by atoms with E-state index in [-0.39, 0.29) is 5.69 Å². The van der Waals surface area contributed by atoms with Crippen molar-refractivity contribution in [2.24, 2.45) is 0 Å². The molecule has 5 heteroatoms. The van der Waals surface area contributed by atoms with E-state index in [1.807, 2.05) is 36.0 Å². The fraction of sp³-hybridized carbons (Fsp3) is 0.429. The van der Waals surface area contributed by atoms with Gasteiger partial charge in [-0.2, -0.15) is 0 Å². The molecule has 1 saturated carbocycles. The zero-order valence-electron chi connectivity index (χ0n) is 11.0. The fourth-order valence-corrected chi connectivity index (χ4v) is 2.23. The van der Waals surface area contributed by atoms with E-state index in [1.54, 1.807) is 10.8 Å². The fourth-order valence-electron chi connectivity index (χ4n) is 2.23. The van der Waals surface area contributed by atoms with Gasteiger partial charge in [-0.15, -0.1) is 0 Å². The van der Waals surface area contributed by atoms with Gasteiger partial charge in [0.1, 0.15) is 5.82 Å². The average Bonchev–Trinajstić information content (AvgIpc) is 3.18. The third-order valence-corrected chi connectivity index (χ3v) is 3.35. The van der Waals surface area contributed by atoms with Gasteiger partial charge >= 0.3 is 5.69 Å². The molecule has 100 valence electrons. The van der Waals surface area contributed by atoms with Gasteiger partial charge in [0.25, 0.3) is 0 Å². The van der Waals surface area contributed by atoms with Gasteiger partial charge in [0.15, 0.2) is 0 Å². The van der Waals surface area contributed by atoms with Gasteiger partial charge in [0.2, 0.25) is 0 Å². The van der Waals surface area contributed by atoms with Crippen LogP contribution in [-0.2, 0) is 6.54 Å². The number of nitrogens with zero attached hydrogens (tertiary/aromatic N) is 3. The molecule has 2 heterocycles. The van der Waals surface area contributed by atoms with Crippen molar-refractivity contribution in [2.75, 3.05) is 11.9 Å². The molecule has 2 aromatic rings. The predicted octanol–water partition coefficient (Wildman–Crippen LogP) is 1.86. The minimum atomic E-state index is 0.0873. The van der Waals surface area contributed by atoms with Crippen molar-refractivity contribution < 1.29 is 0 Å². The van der Waals surface area contributed by atoms with Crippen LogP contribution in [0.15, 0.2) is 35.5 Å². The van der Waals surface area contributed by atoms with Gasteiger partial charge < -0.3 is 5.32 Å². The number of nitrogens with one attached hydrogen (secondary N) is 1. The summed E-state index contributed by atoms with van der Waals surface area (Å²) in [6.07, 6.45) is 7.80. The molecule has 1 aliphatic rings. The van der Waals surface area contributed by atoms with Gasteiger partial charge in [0, 0.05) is 31.2 Å². The molecule has 2 aromatic heterocycles. The Morgan fingerprint density at radius 1 is 1.42 bits per heavy atom. The van der Waals surface area contributed by atoms with Crippen molar-refractivity contribution >= 4 is 5.82 Å². The number of hydrogen-bond acceptors (Lipinski definition) is 3. The summed E-state index contributed by atoms with van der Waals surface area (Å²) in [5.74, 6) is 0.856. The highest BCUT2D eigenvalue weighted by molar-refractivity contribution is 5.37. The molecule has 0 radical (unpaired) electrons. The zero-order valence-corrected chi connectivity index (χ0v) is 11.0. The summed E-state index contributed by atoms with van der Waals surface area (Å²) in [4.78, 5) is 16.4. The lowest BCUT2D eigenvalue weighted by atomic mass is 10.2. The van der Waals surface area contributed by atoms with Crippen LogP contribution in [-0.4, -0.2) is 20.7 Å². The van der Waals surface area contributed by atoms with Crippen molar-refractivity contribution in [3.63, 3.8) is 0 Å². The first-order valence-corrected chi connectivity index (χ1v) is 6.74. The quantitative estimate of drug-likeness (QED) is 0.890. The van der Waals surface area contributed by atoms with Crippen LogP contribution in [0.1, 0.15) is 31.4 Å². The number of imidazole rings is 1. The molecule has 5 nitrogen and oxygen atoms in total. The lowest BCUT2D eigenvalue weighted by molar-refractivity contribution is 0.656. The number of aromatic nitrogens is 3. The monoisotopic (exact) mass is 258 g/mol. The average molecular weight is 258 g/mol. The molecule has 0 atom stereocenters. The highest BCUT2D eigenvalue weighted by atomic mass is 16.1. The number of anilines is 1. The standard InChI is InChI=1S/C14H18N4O/c1-2-15-13-9-11(5-6-16-13)10-17-7-8-18(14(17)19)12-3-4-12/h5-9,12H,2-4,10H2,1H3,(H,15,16). The van der Waals surface area contributed by atoms with E-state index < -0.39 is 0 Å². The molecule has 0 bridgehead atoms. The van der Waals surface area contributed by atoms with Gasteiger partial charge in [0.05, 0.1) is 6.54 Å². The minimum absolute atomic E-state index is 0.0873. The normalized spacial score (nSPS) is 14.6. The Kier molecular flexibility index (Phi) is 3.11. The summed E-state index contributed by atoms with van der Waals surface area (Å²) in [5.41, 5.74) is 1.17. The van der Waals surface area contributed by atoms with E-state index in [2.05, 4.69) is 10.3 Å². The number of rotatable bonds is 5. The smallest absolute Gasteiger partial charge is 0.328 e. The van der Waals surface area contributed by atoms with Gasteiger partial charge in [-0.25, -0.2) is 9.78 Å². The minimum Gasteiger partial charge on any atom is -0.370 e. The molecule has 0 saturated heterocycles. The molecule has 3 rings (SSSR count). The van der Waals surface area contributed by atoms with Crippen LogP contribution in [0.25, 0.3) is 0 Å². The molecule has 0 aliphatic heterocycles. The summed E-state index contributed by atoms with van der Waals surface area (Å²) in [5, 5.41) is 3.18. The molecular weight excluding hydrogens is 240 g/mol.